The van der Waals surface area contributed by atoms with Crippen LogP contribution in [0.1, 0.15) is 26.4 Å². The van der Waals surface area contributed by atoms with Crippen LogP contribution in [0.25, 0.3) is 5.69 Å². The molecule has 2 N–H and O–H groups in total. The monoisotopic (exact) mass is 474 g/mol. The van der Waals surface area contributed by atoms with E-state index in [2.05, 4.69) is 10.4 Å². The summed E-state index contributed by atoms with van der Waals surface area (Å²) in [6, 6.07) is 18.9. The van der Waals surface area contributed by atoms with Crippen LogP contribution >= 0.6 is 11.3 Å². The quantitative estimate of drug-likeness (QED) is 0.383. The molecule has 34 heavy (non-hydrogen) atoms. The second-order valence-corrected chi connectivity index (χ2v) is 9.00. The third-order valence-corrected chi connectivity index (χ3v) is 6.12. The van der Waals surface area contributed by atoms with Gasteiger partial charge in [-0.15, -0.1) is 11.3 Å². The first kappa shape index (κ1) is 23.4. The summed E-state index contributed by atoms with van der Waals surface area (Å²) < 4.78 is 1.62. The molecule has 0 unspecified atom stereocenters. The number of anilines is 1. The molecule has 0 spiro atoms. The summed E-state index contributed by atoms with van der Waals surface area (Å²) in [7, 11) is 0. The van der Waals surface area contributed by atoms with Crippen molar-refractivity contribution in [3.63, 3.8) is 0 Å². The Labute approximate surface area is 202 Å². The number of amides is 2. The molecule has 0 fully saturated rings. The van der Waals surface area contributed by atoms with Crippen LogP contribution in [0.15, 0.2) is 78.4 Å². The first-order valence-electron chi connectivity index (χ1n) is 10.9. The van der Waals surface area contributed by atoms with Crippen LogP contribution in [0.3, 0.4) is 0 Å². The molecule has 2 aromatic heterocycles. The molecule has 8 heteroatoms. The molecule has 0 saturated heterocycles. The van der Waals surface area contributed by atoms with Crippen LogP contribution in [-0.2, 0) is 17.8 Å². The van der Waals surface area contributed by atoms with Crippen molar-refractivity contribution in [1.29, 1.82) is 0 Å². The zero-order valence-electron chi connectivity index (χ0n) is 18.8. The van der Waals surface area contributed by atoms with E-state index < -0.39 is 0 Å². The van der Waals surface area contributed by atoms with E-state index in [0.717, 1.165) is 16.0 Å². The van der Waals surface area contributed by atoms with E-state index in [4.69, 9.17) is 0 Å². The molecule has 2 amide bonds. The Hall–Kier alpha value is -3.75. The van der Waals surface area contributed by atoms with E-state index in [-0.39, 0.29) is 31.4 Å². The number of nitrogens with zero attached hydrogens (tertiary/aromatic N) is 3. The third kappa shape index (κ3) is 5.98. The number of benzene rings is 2. The molecule has 174 valence electrons. The number of aliphatic hydroxyl groups excluding tert-OH is 1. The van der Waals surface area contributed by atoms with Crippen LogP contribution in [0, 0.1) is 6.92 Å². The third-order valence-electron chi connectivity index (χ3n) is 5.26. The summed E-state index contributed by atoms with van der Waals surface area (Å²) in [5.41, 5.74) is 3.84. The van der Waals surface area contributed by atoms with Gasteiger partial charge in [-0.25, -0.2) is 4.68 Å². The Morgan fingerprint density at radius 1 is 1.12 bits per heavy atom. The summed E-state index contributed by atoms with van der Waals surface area (Å²) in [6.07, 6.45) is 3.58. The predicted octanol–water partition coefficient (Wildman–Crippen LogP) is 4.06. The molecule has 0 aliphatic rings. The minimum atomic E-state index is -0.164. The summed E-state index contributed by atoms with van der Waals surface area (Å²) in [4.78, 5) is 28.2. The molecule has 7 nitrogen and oxygen atoms in total. The van der Waals surface area contributed by atoms with Gasteiger partial charge in [0.15, 0.2) is 0 Å². The summed E-state index contributed by atoms with van der Waals surface area (Å²) in [5, 5.41) is 18.6. The van der Waals surface area contributed by atoms with Crippen LogP contribution < -0.4 is 5.32 Å². The highest BCUT2D eigenvalue weighted by molar-refractivity contribution is 7.09. The van der Waals surface area contributed by atoms with E-state index in [1.807, 2.05) is 54.8 Å². The minimum absolute atomic E-state index is 0.110. The van der Waals surface area contributed by atoms with Crippen molar-refractivity contribution in [3.05, 3.63) is 100 Å². The van der Waals surface area contributed by atoms with Gasteiger partial charge in [0.2, 0.25) is 5.91 Å². The van der Waals surface area contributed by atoms with Crippen LogP contribution in [0.2, 0.25) is 0 Å². The topological polar surface area (TPSA) is 87.5 Å². The maximum atomic E-state index is 13.1. The van der Waals surface area contributed by atoms with E-state index in [1.54, 1.807) is 51.5 Å². The van der Waals surface area contributed by atoms with Gasteiger partial charge in [-0.1, -0.05) is 42.0 Å². The molecule has 0 saturated carbocycles. The molecule has 0 atom stereocenters. The SMILES string of the molecule is Cc1cccc(CC(=O)Nc2cnn(-c3cccc(C(=O)N(CCO)Cc4cccs4)c3)c2)c1. The van der Waals surface area contributed by atoms with Crippen molar-refractivity contribution in [2.24, 2.45) is 0 Å². The van der Waals surface area contributed by atoms with Gasteiger partial charge in [-0.2, -0.15) is 5.10 Å². The Balaban J connectivity index is 1.45. The summed E-state index contributed by atoms with van der Waals surface area (Å²) in [6.45, 7) is 2.58. The van der Waals surface area contributed by atoms with Crippen molar-refractivity contribution in [2.75, 3.05) is 18.5 Å². The molecule has 0 aliphatic heterocycles. The van der Waals surface area contributed by atoms with Crippen LogP contribution in [0.5, 0.6) is 0 Å². The van der Waals surface area contributed by atoms with Crippen molar-refractivity contribution in [1.82, 2.24) is 14.7 Å². The van der Waals surface area contributed by atoms with E-state index in [0.29, 0.717) is 23.5 Å². The first-order chi connectivity index (χ1) is 16.5. The van der Waals surface area contributed by atoms with Gasteiger partial charge in [0.25, 0.3) is 5.91 Å². The van der Waals surface area contributed by atoms with Crippen LogP contribution in [-0.4, -0.2) is 44.8 Å². The van der Waals surface area contributed by atoms with Crippen molar-refractivity contribution < 1.29 is 14.7 Å². The highest BCUT2D eigenvalue weighted by Gasteiger charge is 2.17. The smallest absolute Gasteiger partial charge is 0.254 e. The van der Waals surface area contributed by atoms with Gasteiger partial charge >= 0.3 is 0 Å². The standard InChI is InChI=1S/C26H26N4O3S/c1-19-5-2-6-20(13-19)14-25(32)28-22-16-27-30(17-22)23-8-3-7-21(15-23)26(33)29(10-11-31)18-24-9-4-12-34-24/h2-9,12-13,15-17,31H,10-11,14,18H2,1H3,(H,28,32). The average molecular weight is 475 g/mol. The fraction of sp³-hybridized carbons (Fsp3) is 0.192. The van der Waals surface area contributed by atoms with E-state index in [9.17, 15) is 14.7 Å². The molecule has 4 rings (SSSR count). The lowest BCUT2D eigenvalue weighted by molar-refractivity contribution is -0.115. The second-order valence-electron chi connectivity index (χ2n) is 7.97. The fourth-order valence-electron chi connectivity index (χ4n) is 3.67. The number of rotatable bonds is 9. The molecular weight excluding hydrogens is 448 g/mol. The highest BCUT2D eigenvalue weighted by Crippen LogP contribution is 2.18. The van der Waals surface area contributed by atoms with Crippen molar-refractivity contribution in [2.45, 2.75) is 19.9 Å². The zero-order valence-corrected chi connectivity index (χ0v) is 19.7. The summed E-state index contributed by atoms with van der Waals surface area (Å²) >= 11 is 1.57. The number of hydrogen-bond acceptors (Lipinski definition) is 5. The molecule has 0 bridgehead atoms. The average Bonchev–Trinajstić information content (AvgIpc) is 3.51. The van der Waals surface area contributed by atoms with Crippen molar-refractivity contribution in [3.8, 4) is 5.69 Å². The number of aromatic nitrogens is 2. The minimum Gasteiger partial charge on any atom is -0.395 e. The first-order valence-corrected chi connectivity index (χ1v) is 11.8. The van der Waals surface area contributed by atoms with Crippen LogP contribution in [0.4, 0.5) is 5.69 Å². The Morgan fingerprint density at radius 2 is 1.97 bits per heavy atom. The van der Waals surface area contributed by atoms with Crippen molar-refractivity contribution >= 4 is 28.8 Å². The molecule has 4 aromatic rings. The lowest BCUT2D eigenvalue weighted by atomic mass is 10.1. The van der Waals surface area contributed by atoms with E-state index >= 15 is 0 Å². The largest absolute Gasteiger partial charge is 0.395 e. The Kier molecular flexibility index (Phi) is 7.51. The van der Waals surface area contributed by atoms with Gasteiger partial charge in [0.05, 0.1) is 43.3 Å². The number of thiophene rings is 1. The predicted molar refractivity (Wildman–Crippen MR) is 133 cm³/mol. The number of aryl methyl sites for hydroxylation is 1. The van der Waals surface area contributed by atoms with Gasteiger partial charge in [-0.05, 0) is 42.1 Å². The van der Waals surface area contributed by atoms with Gasteiger partial charge < -0.3 is 15.3 Å². The number of hydrogen-bond donors (Lipinski definition) is 2. The number of carbonyl (C=O) groups excluding carboxylic acids is 2. The van der Waals surface area contributed by atoms with E-state index in [1.165, 1.54) is 0 Å². The molecule has 2 heterocycles. The molecule has 0 radical (unpaired) electrons. The lowest BCUT2D eigenvalue weighted by Crippen LogP contribution is -2.32. The molecular formula is C26H26N4O3S. The number of carbonyl (C=O) groups is 2. The fourth-order valence-corrected chi connectivity index (χ4v) is 4.39. The Morgan fingerprint density at radius 3 is 2.74 bits per heavy atom. The van der Waals surface area contributed by atoms with Gasteiger partial charge in [0.1, 0.15) is 0 Å². The molecule has 0 aliphatic carbocycles. The highest BCUT2D eigenvalue weighted by atomic mass is 32.1. The zero-order chi connectivity index (χ0) is 23.9. The lowest BCUT2D eigenvalue weighted by Gasteiger charge is -2.21. The van der Waals surface area contributed by atoms with Gasteiger partial charge in [-0.3, -0.25) is 9.59 Å². The molecule has 2 aromatic carbocycles. The van der Waals surface area contributed by atoms with Gasteiger partial charge in [0, 0.05) is 17.0 Å². The normalized spacial score (nSPS) is 10.8. The second kappa shape index (κ2) is 10.9. The Bertz CT molecular complexity index is 1270. The summed E-state index contributed by atoms with van der Waals surface area (Å²) in [5.74, 6) is -0.287. The number of aliphatic hydroxyl groups is 1. The maximum Gasteiger partial charge on any atom is 0.254 e. The maximum absolute atomic E-state index is 13.1. The number of nitrogens with one attached hydrogen (secondary N) is 1.